The van der Waals surface area contributed by atoms with Crippen molar-refractivity contribution in [3.63, 3.8) is 0 Å². The van der Waals surface area contributed by atoms with Crippen LogP contribution in [0.5, 0.6) is 5.75 Å². The summed E-state index contributed by atoms with van der Waals surface area (Å²) in [7, 11) is 1.43. The van der Waals surface area contributed by atoms with Crippen molar-refractivity contribution in [3.8, 4) is 5.75 Å². The summed E-state index contributed by atoms with van der Waals surface area (Å²) in [6.07, 6.45) is 0. The van der Waals surface area contributed by atoms with Gasteiger partial charge in [0.05, 0.1) is 29.3 Å². The van der Waals surface area contributed by atoms with Crippen molar-refractivity contribution >= 4 is 28.8 Å². The van der Waals surface area contributed by atoms with Crippen LogP contribution >= 0.6 is 0 Å². The number of rotatable bonds is 5. The molecule has 1 amide bonds. The Morgan fingerprint density at radius 2 is 1.69 bits per heavy atom. The molecule has 1 aliphatic heterocycles. The van der Waals surface area contributed by atoms with Crippen LogP contribution in [0.3, 0.4) is 0 Å². The molecule has 3 aromatic carbocycles. The Kier molecular flexibility index (Phi) is 5.43. The fourth-order valence-electron chi connectivity index (χ4n) is 3.79. The molecule has 32 heavy (non-hydrogen) atoms. The number of aliphatic hydroxyl groups is 1. The highest BCUT2D eigenvalue weighted by Gasteiger charge is 2.48. The van der Waals surface area contributed by atoms with Crippen LogP contribution in [0.25, 0.3) is 5.76 Å². The Morgan fingerprint density at radius 3 is 2.38 bits per heavy atom. The number of aliphatic hydroxyl groups excluding tert-OH is 1. The van der Waals surface area contributed by atoms with Gasteiger partial charge in [-0.1, -0.05) is 54.6 Å². The third-order valence-electron chi connectivity index (χ3n) is 5.23. The summed E-state index contributed by atoms with van der Waals surface area (Å²) in [5, 5.41) is 22.4. The Labute approximate surface area is 183 Å². The Hall–Kier alpha value is -4.46. The predicted octanol–water partition coefficient (Wildman–Crippen LogP) is 4.23. The Morgan fingerprint density at radius 1 is 1.00 bits per heavy atom. The van der Waals surface area contributed by atoms with Gasteiger partial charge in [0.25, 0.3) is 17.4 Å². The van der Waals surface area contributed by atoms with Gasteiger partial charge in [-0.2, -0.15) is 0 Å². The zero-order valence-corrected chi connectivity index (χ0v) is 17.0. The highest BCUT2D eigenvalue weighted by atomic mass is 16.6. The quantitative estimate of drug-likeness (QED) is 0.213. The SMILES string of the molecule is COc1ccccc1N1C(=O)C(=O)C(=C(O)c2ccccc2)[C@H]1c1cccc([N+](=O)[O-])c1. The number of Topliss-reactive ketones (excluding diaryl/α,β-unsaturated/α-hetero) is 1. The van der Waals surface area contributed by atoms with E-state index in [1.165, 1.54) is 30.2 Å². The van der Waals surface area contributed by atoms with E-state index in [4.69, 9.17) is 4.74 Å². The molecule has 4 rings (SSSR count). The minimum absolute atomic E-state index is 0.160. The van der Waals surface area contributed by atoms with Crippen molar-refractivity contribution in [2.24, 2.45) is 0 Å². The number of benzene rings is 3. The minimum atomic E-state index is -1.09. The van der Waals surface area contributed by atoms with E-state index in [0.717, 1.165) is 0 Å². The van der Waals surface area contributed by atoms with Crippen LogP contribution in [0.4, 0.5) is 11.4 Å². The third kappa shape index (κ3) is 3.47. The number of nitrogens with zero attached hydrogens (tertiary/aromatic N) is 2. The average Bonchev–Trinajstić information content (AvgIpc) is 3.09. The van der Waals surface area contributed by atoms with Crippen LogP contribution in [-0.4, -0.2) is 28.8 Å². The monoisotopic (exact) mass is 430 g/mol. The normalized spacial score (nSPS) is 17.4. The van der Waals surface area contributed by atoms with E-state index in [-0.39, 0.29) is 17.0 Å². The van der Waals surface area contributed by atoms with Gasteiger partial charge in [-0.15, -0.1) is 0 Å². The lowest BCUT2D eigenvalue weighted by Gasteiger charge is -2.26. The molecule has 160 valence electrons. The van der Waals surface area contributed by atoms with Gasteiger partial charge >= 0.3 is 0 Å². The molecule has 0 bridgehead atoms. The highest BCUT2D eigenvalue weighted by Crippen LogP contribution is 2.45. The van der Waals surface area contributed by atoms with Gasteiger partial charge in [-0.3, -0.25) is 24.6 Å². The summed E-state index contributed by atoms with van der Waals surface area (Å²) in [5.74, 6) is -1.79. The number of methoxy groups -OCH3 is 1. The van der Waals surface area contributed by atoms with Crippen LogP contribution in [0, 0.1) is 10.1 Å². The topological polar surface area (TPSA) is 110 Å². The zero-order valence-electron chi connectivity index (χ0n) is 17.0. The summed E-state index contributed by atoms with van der Waals surface area (Å²) in [5.41, 5.74) is 0.601. The maximum Gasteiger partial charge on any atom is 0.300 e. The molecule has 1 aliphatic rings. The van der Waals surface area contributed by atoms with E-state index in [0.29, 0.717) is 22.6 Å². The van der Waals surface area contributed by atoms with Gasteiger partial charge in [0.2, 0.25) is 0 Å². The van der Waals surface area contributed by atoms with Gasteiger partial charge in [-0.25, -0.2) is 0 Å². The lowest BCUT2D eigenvalue weighted by Crippen LogP contribution is -2.29. The molecule has 0 aliphatic carbocycles. The molecule has 8 nitrogen and oxygen atoms in total. The first-order valence-corrected chi connectivity index (χ1v) is 9.68. The summed E-state index contributed by atoms with van der Waals surface area (Å²) in [6, 6.07) is 19.5. The number of amides is 1. The molecule has 1 N–H and O–H groups in total. The van der Waals surface area contributed by atoms with E-state index in [1.54, 1.807) is 60.7 Å². The fourth-order valence-corrected chi connectivity index (χ4v) is 3.79. The van der Waals surface area contributed by atoms with Gasteiger partial charge in [0.15, 0.2) is 0 Å². The number of nitro groups is 1. The van der Waals surface area contributed by atoms with Crippen molar-refractivity contribution in [2.45, 2.75) is 6.04 Å². The number of non-ortho nitro benzene ring substituents is 1. The summed E-state index contributed by atoms with van der Waals surface area (Å²) in [4.78, 5) is 38.3. The smallest absolute Gasteiger partial charge is 0.300 e. The second-order valence-corrected chi connectivity index (χ2v) is 7.06. The number of hydrogen-bond donors (Lipinski definition) is 1. The molecule has 3 aromatic rings. The molecular weight excluding hydrogens is 412 g/mol. The minimum Gasteiger partial charge on any atom is -0.507 e. The van der Waals surface area contributed by atoms with Crippen LogP contribution < -0.4 is 9.64 Å². The van der Waals surface area contributed by atoms with Gasteiger partial charge in [0, 0.05) is 17.7 Å². The van der Waals surface area contributed by atoms with E-state index >= 15 is 0 Å². The van der Waals surface area contributed by atoms with Crippen molar-refractivity contribution in [3.05, 3.63) is 106 Å². The molecule has 8 heteroatoms. The molecule has 0 spiro atoms. The fraction of sp³-hybridized carbons (Fsp3) is 0.0833. The predicted molar refractivity (Wildman–Crippen MR) is 117 cm³/mol. The van der Waals surface area contributed by atoms with Crippen LogP contribution in [-0.2, 0) is 9.59 Å². The molecule has 0 radical (unpaired) electrons. The number of carbonyl (C=O) groups is 2. The number of hydrogen-bond acceptors (Lipinski definition) is 6. The van der Waals surface area contributed by atoms with Crippen molar-refractivity contribution in [1.82, 2.24) is 0 Å². The van der Waals surface area contributed by atoms with Crippen LogP contribution in [0.2, 0.25) is 0 Å². The molecule has 0 unspecified atom stereocenters. The highest BCUT2D eigenvalue weighted by molar-refractivity contribution is 6.51. The van der Waals surface area contributed by atoms with E-state index in [9.17, 15) is 24.8 Å². The standard InChI is InChI=1S/C24H18N2O6/c1-32-19-13-6-5-12-18(19)25-21(16-10-7-11-17(14-16)26(30)31)20(23(28)24(25)29)22(27)15-8-3-2-4-9-15/h2-14,21,27H,1H3/t21-/m1/s1. The Balaban J connectivity index is 2.00. The first-order chi connectivity index (χ1) is 15.4. The van der Waals surface area contributed by atoms with Crippen molar-refractivity contribution < 1.29 is 24.4 Å². The number of carbonyl (C=O) groups excluding carboxylic acids is 2. The van der Waals surface area contributed by atoms with E-state index in [1.807, 2.05) is 0 Å². The number of ketones is 1. The number of anilines is 1. The number of nitro benzene ring substituents is 1. The second kappa shape index (κ2) is 8.35. The van der Waals surface area contributed by atoms with E-state index in [2.05, 4.69) is 0 Å². The Bertz CT molecular complexity index is 1250. The molecule has 0 aromatic heterocycles. The van der Waals surface area contributed by atoms with Gasteiger partial charge in [0.1, 0.15) is 11.5 Å². The third-order valence-corrected chi connectivity index (χ3v) is 5.23. The lowest BCUT2D eigenvalue weighted by atomic mass is 9.94. The molecular formula is C24H18N2O6. The molecule has 1 saturated heterocycles. The molecule has 1 atom stereocenters. The lowest BCUT2D eigenvalue weighted by molar-refractivity contribution is -0.384. The van der Waals surface area contributed by atoms with Crippen molar-refractivity contribution in [1.29, 1.82) is 0 Å². The summed E-state index contributed by atoms with van der Waals surface area (Å²) < 4.78 is 5.38. The molecule has 1 fully saturated rings. The number of ether oxygens (including phenoxy) is 1. The van der Waals surface area contributed by atoms with Crippen LogP contribution in [0.1, 0.15) is 17.2 Å². The second-order valence-electron chi connectivity index (χ2n) is 7.06. The molecule has 0 saturated carbocycles. The largest absolute Gasteiger partial charge is 0.507 e. The maximum absolute atomic E-state index is 13.2. The zero-order chi connectivity index (χ0) is 22.8. The first kappa shape index (κ1) is 20.8. The summed E-state index contributed by atoms with van der Waals surface area (Å²) >= 11 is 0. The van der Waals surface area contributed by atoms with E-state index < -0.39 is 22.7 Å². The summed E-state index contributed by atoms with van der Waals surface area (Å²) in [6.45, 7) is 0. The van der Waals surface area contributed by atoms with Crippen LogP contribution in [0.15, 0.2) is 84.4 Å². The number of para-hydroxylation sites is 2. The average molecular weight is 430 g/mol. The van der Waals surface area contributed by atoms with Gasteiger partial charge < -0.3 is 9.84 Å². The van der Waals surface area contributed by atoms with Crippen molar-refractivity contribution in [2.75, 3.05) is 12.0 Å². The molecule has 1 heterocycles. The van der Waals surface area contributed by atoms with Gasteiger partial charge in [-0.05, 0) is 17.7 Å². The first-order valence-electron chi connectivity index (χ1n) is 9.68. The maximum atomic E-state index is 13.2.